The molecule has 680 valence electrons. The number of ether oxygens (including phenoxy) is 7. The average molecular weight is 1710 g/mol. The third-order valence-corrected chi connectivity index (χ3v) is 29.5. The van der Waals surface area contributed by atoms with Crippen molar-refractivity contribution in [2.24, 2.45) is 10.8 Å². The summed E-state index contributed by atoms with van der Waals surface area (Å²) in [7, 11) is 0. The maximum atomic E-state index is 7.34. The minimum Gasteiger partial charge on any atom is -0.381 e. The fourth-order valence-corrected chi connectivity index (χ4v) is 20.7. The van der Waals surface area contributed by atoms with Gasteiger partial charge in [-0.15, -0.1) is 0 Å². The second-order valence-electron chi connectivity index (χ2n) is 34.7. The van der Waals surface area contributed by atoms with Crippen LogP contribution < -0.4 is 0 Å². The Balaban J connectivity index is 6.64. The van der Waals surface area contributed by atoms with E-state index in [1.165, 1.54) is 420 Å². The molecule has 0 aromatic rings. The highest BCUT2D eigenvalue weighted by Gasteiger charge is 2.37. The summed E-state index contributed by atoms with van der Waals surface area (Å²) < 4.78 is 48.7. The predicted molar refractivity (Wildman–Crippen MR) is 523 cm³/mol. The van der Waals surface area contributed by atoms with Gasteiger partial charge in [0, 0.05) is 39.6 Å². The molecule has 0 saturated heterocycles. The third kappa shape index (κ3) is 92.8. The van der Waals surface area contributed by atoms with Crippen LogP contribution in [0.1, 0.15) is 465 Å². The minimum absolute atomic E-state index is 0.452. The Morgan fingerprint density at radius 3 is 0.363 bits per heavy atom. The van der Waals surface area contributed by atoms with Gasteiger partial charge in [0.05, 0.1) is 63.7 Å². The Labute approximate surface area is 735 Å². The zero-order chi connectivity index (χ0) is 81.2. The molecule has 0 bridgehead atoms. The van der Waals surface area contributed by atoms with Crippen LogP contribution >= 0.6 is 70.6 Å². The van der Waals surface area contributed by atoms with Crippen LogP contribution in [0.2, 0.25) is 0 Å². The Morgan fingerprint density at radius 2 is 0.230 bits per heavy atom. The highest BCUT2D eigenvalue weighted by Crippen LogP contribution is 2.29. The van der Waals surface area contributed by atoms with Crippen molar-refractivity contribution in [2.75, 3.05) is 162 Å². The molecular formula is C100H202O7S6. The molecule has 0 unspecified atom stereocenters. The number of unbranched alkanes of at least 4 members (excludes halogenated alkanes) is 54. The number of hydrogen-bond donors (Lipinski definition) is 0. The lowest BCUT2D eigenvalue weighted by Crippen LogP contribution is -2.46. The van der Waals surface area contributed by atoms with Crippen molar-refractivity contribution < 1.29 is 33.2 Å². The van der Waals surface area contributed by atoms with Crippen LogP contribution in [-0.2, 0) is 33.2 Å². The summed E-state index contributed by atoms with van der Waals surface area (Å²) in [4.78, 5) is 0. The molecule has 13 heteroatoms. The van der Waals surface area contributed by atoms with Crippen LogP contribution in [0.3, 0.4) is 0 Å². The van der Waals surface area contributed by atoms with Gasteiger partial charge in [-0.1, -0.05) is 388 Å². The highest BCUT2D eigenvalue weighted by molar-refractivity contribution is 8.00. The van der Waals surface area contributed by atoms with Gasteiger partial charge in [-0.25, -0.2) is 0 Å². The second-order valence-corrected chi connectivity index (χ2v) is 42.0. The van der Waals surface area contributed by atoms with Crippen molar-refractivity contribution in [3.8, 4) is 0 Å². The van der Waals surface area contributed by atoms with Gasteiger partial charge < -0.3 is 33.2 Å². The van der Waals surface area contributed by atoms with Crippen LogP contribution in [0.5, 0.6) is 0 Å². The Hall–Kier alpha value is 1.82. The quantitative estimate of drug-likeness (QED) is 0.0544. The van der Waals surface area contributed by atoms with Crippen molar-refractivity contribution in [1.29, 1.82) is 0 Å². The molecular weight excluding hydrogens is 1510 g/mol. The van der Waals surface area contributed by atoms with E-state index in [-0.39, 0.29) is 0 Å². The van der Waals surface area contributed by atoms with Gasteiger partial charge in [-0.2, -0.15) is 70.6 Å². The van der Waals surface area contributed by atoms with Crippen molar-refractivity contribution in [3.05, 3.63) is 0 Å². The summed E-state index contributed by atoms with van der Waals surface area (Å²) in [5.41, 5.74) is -0.904. The molecule has 0 aliphatic heterocycles. The fourth-order valence-electron chi connectivity index (χ4n) is 15.1. The van der Waals surface area contributed by atoms with Gasteiger partial charge in [0.15, 0.2) is 0 Å². The maximum absolute atomic E-state index is 7.34. The van der Waals surface area contributed by atoms with E-state index < -0.39 is 10.8 Å². The molecule has 0 spiro atoms. The first-order valence-corrected chi connectivity index (χ1v) is 57.5. The number of hydrogen-bond acceptors (Lipinski definition) is 13. The van der Waals surface area contributed by atoms with Crippen molar-refractivity contribution in [3.63, 3.8) is 0 Å². The van der Waals surface area contributed by atoms with E-state index in [1.54, 1.807) is 0 Å². The monoisotopic (exact) mass is 1710 g/mol. The molecule has 0 rings (SSSR count). The molecule has 0 N–H and O–H groups in total. The van der Waals surface area contributed by atoms with E-state index >= 15 is 0 Å². The topological polar surface area (TPSA) is 64.6 Å². The zero-order valence-electron chi connectivity index (χ0n) is 77.4. The van der Waals surface area contributed by atoms with Gasteiger partial charge in [0.25, 0.3) is 0 Å². The lowest BCUT2D eigenvalue weighted by atomic mass is 9.90. The first kappa shape index (κ1) is 115. The van der Waals surface area contributed by atoms with E-state index in [0.717, 1.165) is 113 Å². The first-order valence-electron chi connectivity index (χ1n) is 50.6. The second kappa shape index (κ2) is 103. The van der Waals surface area contributed by atoms with Crippen LogP contribution in [0.15, 0.2) is 0 Å². The molecule has 7 nitrogen and oxygen atoms in total. The van der Waals surface area contributed by atoms with Crippen LogP contribution in [0.4, 0.5) is 0 Å². The molecule has 113 heavy (non-hydrogen) atoms. The summed E-state index contributed by atoms with van der Waals surface area (Å²) in [6.45, 7) is 22.8. The normalized spacial score (nSPS) is 12.2. The van der Waals surface area contributed by atoms with E-state index in [1.807, 2.05) is 0 Å². The van der Waals surface area contributed by atoms with Crippen molar-refractivity contribution >= 4 is 70.6 Å². The molecule has 0 amide bonds. The van der Waals surface area contributed by atoms with Crippen LogP contribution in [0, 0.1) is 10.8 Å². The fraction of sp³-hybridized carbons (Fsp3) is 1.00. The Morgan fingerprint density at radius 1 is 0.124 bits per heavy atom. The molecule has 0 heterocycles. The van der Waals surface area contributed by atoms with Gasteiger partial charge >= 0.3 is 0 Å². The average Bonchev–Trinajstić information content (AvgIpc) is 0.849. The Kier molecular flexibility index (Phi) is 104. The van der Waals surface area contributed by atoms with Crippen LogP contribution in [0.25, 0.3) is 0 Å². The van der Waals surface area contributed by atoms with E-state index in [9.17, 15) is 0 Å². The standard InChI is InChI=1S/C100H202O7S6/c1-7-13-19-25-31-37-43-49-55-61-79-108-85-67-73-101-91-99(92-102-74-68-86-109-80-62-56-50-44-38-32-26-20-14-8-2,93-103-75-69-87-110-81-63-57-51-45-39-33-27-21-15-9-3)97-107-98-100(94-104-76-70-88-111-82-64-58-52-46-40-34-28-22-16-10-4,95-105-77-71-89-112-83-65-59-53-47-41-35-29-23-17-11-5)96-106-78-72-90-113-84-66-60-54-48-42-36-30-24-18-12-6/h7-98H2,1-6H3. The van der Waals surface area contributed by atoms with Crippen LogP contribution in [-0.4, -0.2) is 162 Å². The van der Waals surface area contributed by atoms with Gasteiger partial charge in [-0.3, -0.25) is 0 Å². The molecule has 0 saturated carbocycles. The van der Waals surface area contributed by atoms with Crippen molar-refractivity contribution in [2.45, 2.75) is 465 Å². The molecule has 0 aromatic heterocycles. The lowest BCUT2D eigenvalue weighted by molar-refractivity contribution is -0.142. The smallest absolute Gasteiger partial charge is 0.0637 e. The zero-order valence-corrected chi connectivity index (χ0v) is 82.3. The highest BCUT2D eigenvalue weighted by atomic mass is 32.2. The number of rotatable bonds is 106. The molecule has 0 radical (unpaired) electrons. The number of thioether (sulfide) groups is 6. The molecule has 0 atom stereocenters. The summed E-state index contributed by atoms with van der Waals surface area (Å²) in [5.74, 6) is 14.5. The van der Waals surface area contributed by atoms with E-state index in [4.69, 9.17) is 33.2 Å². The van der Waals surface area contributed by atoms with Gasteiger partial charge in [-0.05, 0) is 146 Å². The van der Waals surface area contributed by atoms with E-state index in [0.29, 0.717) is 52.9 Å². The van der Waals surface area contributed by atoms with Gasteiger partial charge in [0.1, 0.15) is 0 Å². The predicted octanol–water partition coefficient (Wildman–Crippen LogP) is 33.3. The lowest BCUT2D eigenvalue weighted by Gasteiger charge is -2.37. The molecule has 0 aliphatic rings. The summed E-state index contributed by atoms with van der Waals surface area (Å²) in [6, 6.07) is 0. The molecule has 0 fully saturated rings. The summed E-state index contributed by atoms with van der Waals surface area (Å²) in [5, 5.41) is 0. The summed E-state index contributed by atoms with van der Waals surface area (Å²) in [6.07, 6.45) is 90.1. The first-order chi connectivity index (χ1) is 56.1. The molecule has 0 aromatic carbocycles. The summed E-state index contributed by atoms with van der Waals surface area (Å²) >= 11 is 12.8. The maximum Gasteiger partial charge on any atom is 0.0637 e. The SMILES string of the molecule is CCCCCCCCCCCCSCCCOCC(COCCCSCCCCCCCCCCCC)(COCCCSCCCCCCCCCCCC)COCC(COCCCSCCCCCCCCCCCC)(COCCCSCCCCCCCCCCCC)COCCCSCCCCCCCCCCCC. The Bertz CT molecular complexity index is 1380. The molecule has 0 aliphatic carbocycles. The largest absolute Gasteiger partial charge is 0.381 e. The minimum atomic E-state index is -0.452. The third-order valence-electron chi connectivity index (χ3n) is 22.6. The van der Waals surface area contributed by atoms with Crippen molar-refractivity contribution in [1.82, 2.24) is 0 Å². The van der Waals surface area contributed by atoms with Gasteiger partial charge in [0.2, 0.25) is 0 Å². The van der Waals surface area contributed by atoms with E-state index in [2.05, 4.69) is 112 Å².